The lowest BCUT2D eigenvalue weighted by Gasteiger charge is -2.21. The van der Waals surface area contributed by atoms with Gasteiger partial charge in [-0.25, -0.2) is 8.42 Å². The standard InChI is InChI=1S/C23H24ClN3O5S/c1-16-8-10-19(11-9-16)33(30,31)27(14-18-5-4-12-32-18)15-23(29)25-13-22(28)26-21-7-3-6-20(24)17(21)2/h3-12H,13-15H2,1-2H3,(H,25,29)(H,26,28). The van der Waals surface area contributed by atoms with E-state index in [2.05, 4.69) is 10.6 Å². The molecule has 0 aliphatic carbocycles. The van der Waals surface area contributed by atoms with Gasteiger partial charge in [-0.1, -0.05) is 35.4 Å². The Hall–Kier alpha value is -3.14. The lowest BCUT2D eigenvalue weighted by Crippen LogP contribution is -2.42. The van der Waals surface area contributed by atoms with Crippen molar-refractivity contribution < 1.29 is 22.4 Å². The smallest absolute Gasteiger partial charge is 0.243 e. The van der Waals surface area contributed by atoms with Gasteiger partial charge in [0.25, 0.3) is 0 Å². The van der Waals surface area contributed by atoms with E-state index < -0.39 is 28.4 Å². The Balaban J connectivity index is 1.67. The van der Waals surface area contributed by atoms with Crippen LogP contribution in [0.4, 0.5) is 5.69 Å². The second kappa shape index (κ2) is 10.7. The van der Waals surface area contributed by atoms with Gasteiger partial charge in [0, 0.05) is 10.7 Å². The van der Waals surface area contributed by atoms with Crippen LogP contribution in [0.2, 0.25) is 5.02 Å². The topological polar surface area (TPSA) is 109 Å². The normalized spacial score (nSPS) is 11.4. The quantitative estimate of drug-likeness (QED) is 0.478. The molecule has 2 N–H and O–H groups in total. The fraction of sp³-hybridized carbons (Fsp3) is 0.217. The molecule has 1 aromatic heterocycles. The number of carbonyl (C=O) groups is 2. The van der Waals surface area contributed by atoms with E-state index in [1.165, 1.54) is 18.4 Å². The largest absolute Gasteiger partial charge is 0.468 e. The summed E-state index contributed by atoms with van der Waals surface area (Å²) in [5.74, 6) is -0.712. The number of aryl methyl sites for hydroxylation is 1. The van der Waals surface area contributed by atoms with Crippen LogP contribution >= 0.6 is 11.6 Å². The van der Waals surface area contributed by atoms with Crippen molar-refractivity contribution in [1.29, 1.82) is 0 Å². The van der Waals surface area contributed by atoms with Crippen molar-refractivity contribution in [3.63, 3.8) is 0 Å². The maximum atomic E-state index is 13.2. The van der Waals surface area contributed by atoms with Gasteiger partial charge in [0.05, 0.1) is 30.8 Å². The Bertz CT molecular complexity index is 1230. The summed E-state index contributed by atoms with van der Waals surface area (Å²) in [4.78, 5) is 24.9. The van der Waals surface area contributed by atoms with Crippen LogP contribution in [0.15, 0.2) is 70.2 Å². The molecule has 0 saturated carbocycles. The number of carbonyl (C=O) groups excluding carboxylic acids is 2. The first kappa shape index (κ1) is 24.5. The molecule has 10 heteroatoms. The predicted molar refractivity (Wildman–Crippen MR) is 125 cm³/mol. The molecule has 174 valence electrons. The number of sulfonamides is 1. The van der Waals surface area contributed by atoms with E-state index in [1.807, 2.05) is 6.92 Å². The van der Waals surface area contributed by atoms with Crippen molar-refractivity contribution in [2.24, 2.45) is 0 Å². The molecule has 0 saturated heterocycles. The zero-order valence-electron chi connectivity index (χ0n) is 18.2. The van der Waals surface area contributed by atoms with E-state index in [9.17, 15) is 18.0 Å². The van der Waals surface area contributed by atoms with Crippen LogP contribution in [-0.4, -0.2) is 37.6 Å². The number of benzene rings is 2. The Kier molecular flexibility index (Phi) is 7.91. The number of amides is 2. The highest BCUT2D eigenvalue weighted by Crippen LogP contribution is 2.23. The third kappa shape index (κ3) is 6.44. The molecular weight excluding hydrogens is 466 g/mol. The highest BCUT2D eigenvalue weighted by atomic mass is 35.5. The van der Waals surface area contributed by atoms with Crippen LogP contribution in [-0.2, 0) is 26.2 Å². The average Bonchev–Trinajstić information content (AvgIpc) is 3.28. The van der Waals surface area contributed by atoms with Gasteiger partial charge in [0.1, 0.15) is 5.76 Å². The van der Waals surface area contributed by atoms with E-state index >= 15 is 0 Å². The van der Waals surface area contributed by atoms with Crippen LogP contribution in [0.25, 0.3) is 0 Å². The van der Waals surface area contributed by atoms with Crippen LogP contribution in [0.1, 0.15) is 16.9 Å². The summed E-state index contributed by atoms with van der Waals surface area (Å²) in [7, 11) is -3.99. The number of hydrogen-bond acceptors (Lipinski definition) is 5. The zero-order chi connectivity index (χ0) is 24.0. The third-order valence-electron chi connectivity index (χ3n) is 4.88. The van der Waals surface area contributed by atoms with Gasteiger partial charge >= 0.3 is 0 Å². The Labute approximate surface area is 197 Å². The molecule has 0 aliphatic heterocycles. The number of nitrogens with one attached hydrogen (secondary N) is 2. The molecule has 2 amide bonds. The average molecular weight is 490 g/mol. The number of nitrogens with zero attached hydrogens (tertiary/aromatic N) is 1. The first-order chi connectivity index (χ1) is 15.7. The number of hydrogen-bond donors (Lipinski definition) is 2. The van der Waals surface area contributed by atoms with Crippen molar-refractivity contribution in [2.45, 2.75) is 25.3 Å². The Morgan fingerprint density at radius 3 is 2.39 bits per heavy atom. The van der Waals surface area contributed by atoms with E-state index in [0.29, 0.717) is 22.0 Å². The van der Waals surface area contributed by atoms with Crippen molar-refractivity contribution >= 4 is 39.1 Å². The molecule has 0 radical (unpaired) electrons. The van der Waals surface area contributed by atoms with Crippen molar-refractivity contribution in [3.05, 3.63) is 82.8 Å². The monoisotopic (exact) mass is 489 g/mol. The molecule has 0 fully saturated rings. The molecule has 1 heterocycles. The molecule has 33 heavy (non-hydrogen) atoms. The second-order valence-electron chi connectivity index (χ2n) is 7.40. The van der Waals surface area contributed by atoms with Gasteiger partial charge < -0.3 is 15.1 Å². The van der Waals surface area contributed by atoms with Gasteiger partial charge in [-0.15, -0.1) is 0 Å². The lowest BCUT2D eigenvalue weighted by atomic mass is 10.2. The highest BCUT2D eigenvalue weighted by Gasteiger charge is 2.28. The molecule has 0 bridgehead atoms. The van der Waals surface area contributed by atoms with Crippen molar-refractivity contribution in [3.8, 4) is 0 Å². The van der Waals surface area contributed by atoms with Gasteiger partial charge in [-0.05, 0) is 55.8 Å². The fourth-order valence-corrected chi connectivity index (χ4v) is 4.53. The number of rotatable bonds is 9. The third-order valence-corrected chi connectivity index (χ3v) is 7.09. The first-order valence-electron chi connectivity index (χ1n) is 10.1. The van der Waals surface area contributed by atoms with Crippen LogP contribution in [0.5, 0.6) is 0 Å². The lowest BCUT2D eigenvalue weighted by molar-refractivity contribution is -0.124. The maximum Gasteiger partial charge on any atom is 0.243 e. The van der Waals surface area contributed by atoms with E-state index in [1.54, 1.807) is 49.4 Å². The molecule has 0 aliphatic rings. The Morgan fingerprint density at radius 2 is 1.73 bits per heavy atom. The molecule has 3 aromatic rings. The number of furan rings is 1. The fourth-order valence-electron chi connectivity index (χ4n) is 2.99. The number of anilines is 1. The van der Waals surface area contributed by atoms with Crippen molar-refractivity contribution in [2.75, 3.05) is 18.4 Å². The minimum absolute atomic E-state index is 0.0571. The zero-order valence-corrected chi connectivity index (χ0v) is 19.7. The summed E-state index contributed by atoms with van der Waals surface area (Å²) in [6.45, 7) is 2.66. The van der Waals surface area contributed by atoms with Crippen molar-refractivity contribution in [1.82, 2.24) is 9.62 Å². The van der Waals surface area contributed by atoms with Gasteiger partial charge in [0.15, 0.2) is 0 Å². The summed E-state index contributed by atoms with van der Waals surface area (Å²) >= 11 is 6.05. The van der Waals surface area contributed by atoms with E-state index in [4.69, 9.17) is 16.0 Å². The van der Waals surface area contributed by atoms with E-state index in [-0.39, 0.29) is 18.0 Å². The van der Waals surface area contributed by atoms with Gasteiger partial charge in [-0.3, -0.25) is 9.59 Å². The summed E-state index contributed by atoms with van der Waals surface area (Å²) in [6.07, 6.45) is 1.42. The first-order valence-corrected chi connectivity index (χ1v) is 11.9. The number of halogens is 1. The molecule has 0 atom stereocenters. The summed E-state index contributed by atoms with van der Waals surface area (Å²) < 4.78 is 32.6. The molecule has 2 aromatic carbocycles. The summed E-state index contributed by atoms with van der Waals surface area (Å²) in [6, 6.07) is 14.7. The molecule has 8 nitrogen and oxygen atoms in total. The predicted octanol–water partition coefficient (Wildman–Crippen LogP) is 3.50. The highest BCUT2D eigenvalue weighted by molar-refractivity contribution is 7.89. The second-order valence-corrected chi connectivity index (χ2v) is 9.75. The van der Waals surface area contributed by atoms with Gasteiger partial charge in [-0.2, -0.15) is 4.31 Å². The molecule has 3 rings (SSSR count). The minimum atomic E-state index is -3.99. The Morgan fingerprint density at radius 1 is 1.00 bits per heavy atom. The molecule has 0 unspecified atom stereocenters. The van der Waals surface area contributed by atoms with Crippen LogP contribution < -0.4 is 10.6 Å². The summed E-state index contributed by atoms with van der Waals surface area (Å²) in [5, 5.41) is 5.64. The van der Waals surface area contributed by atoms with Crippen LogP contribution in [0, 0.1) is 13.8 Å². The maximum absolute atomic E-state index is 13.2. The summed E-state index contributed by atoms with van der Waals surface area (Å²) in [5.41, 5.74) is 2.14. The molecular formula is C23H24ClN3O5S. The van der Waals surface area contributed by atoms with Crippen LogP contribution in [0.3, 0.4) is 0 Å². The SMILES string of the molecule is Cc1ccc(S(=O)(=O)N(CC(=O)NCC(=O)Nc2cccc(Cl)c2C)Cc2ccco2)cc1. The van der Waals surface area contributed by atoms with Gasteiger partial charge in [0.2, 0.25) is 21.8 Å². The molecule has 0 spiro atoms. The minimum Gasteiger partial charge on any atom is -0.468 e. The van der Waals surface area contributed by atoms with E-state index in [0.717, 1.165) is 9.87 Å².